The Hall–Kier alpha value is -4.75. The van der Waals surface area contributed by atoms with Gasteiger partial charge in [0.15, 0.2) is 5.82 Å². The minimum absolute atomic E-state index is 0.00910. The number of terminal acetylenes is 1. The first-order valence-electron chi connectivity index (χ1n) is 11.3. The molecule has 2 aromatic carbocycles. The smallest absolute Gasteiger partial charge is 0.233 e. The third kappa shape index (κ3) is 4.05. The Bertz CT molecular complexity index is 1520. The highest BCUT2D eigenvalue weighted by molar-refractivity contribution is 6.00. The highest BCUT2D eigenvalue weighted by atomic mass is 16.2. The molecule has 1 amide bonds. The molecule has 0 atom stereocenters. The van der Waals surface area contributed by atoms with E-state index >= 15 is 0 Å². The predicted molar refractivity (Wildman–Crippen MR) is 133 cm³/mol. The second-order valence-corrected chi connectivity index (χ2v) is 8.69. The van der Waals surface area contributed by atoms with Crippen LogP contribution in [0.5, 0.6) is 0 Å². The van der Waals surface area contributed by atoms with Crippen LogP contribution in [-0.4, -0.2) is 25.7 Å². The summed E-state index contributed by atoms with van der Waals surface area (Å²) in [6.45, 7) is 4.66. The maximum Gasteiger partial charge on any atom is 0.233 e. The van der Waals surface area contributed by atoms with E-state index in [9.17, 15) is 10.1 Å². The van der Waals surface area contributed by atoms with Crippen LogP contribution in [0.4, 0.5) is 5.82 Å². The number of hydrogen-bond donors (Lipinski definition) is 0. The molecule has 0 spiro atoms. The van der Waals surface area contributed by atoms with Crippen molar-refractivity contribution in [1.82, 2.24) is 19.7 Å². The summed E-state index contributed by atoms with van der Waals surface area (Å²) in [5.41, 5.74) is 5.39. The first-order chi connectivity index (χ1) is 17.0. The minimum Gasteiger partial charge on any atom is -0.292 e. The summed E-state index contributed by atoms with van der Waals surface area (Å²) in [6.07, 6.45) is 7.47. The van der Waals surface area contributed by atoms with E-state index in [0.717, 1.165) is 22.4 Å². The van der Waals surface area contributed by atoms with E-state index in [0.29, 0.717) is 35.5 Å². The largest absolute Gasteiger partial charge is 0.292 e. The van der Waals surface area contributed by atoms with Crippen LogP contribution in [0.25, 0.3) is 17.1 Å². The number of nitrogens with zero attached hydrogens (tertiary/aromatic N) is 6. The van der Waals surface area contributed by atoms with E-state index in [4.69, 9.17) is 11.4 Å². The van der Waals surface area contributed by atoms with Gasteiger partial charge >= 0.3 is 0 Å². The fraction of sp³-hybridized carbons (Fsp3) is 0.179. The molecule has 0 saturated heterocycles. The number of rotatable bonds is 5. The van der Waals surface area contributed by atoms with Crippen molar-refractivity contribution in [2.24, 2.45) is 0 Å². The van der Waals surface area contributed by atoms with Crippen LogP contribution in [0.2, 0.25) is 0 Å². The van der Waals surface area contributed by atoms with Crippen LogP contribution in [0.1, 0.15) is 47.8 Å². The van der Waals surface area contributed by atoms with E-state index in [1.165, 1.54) is 10.2 Å². The van der Waals surface area contributed by atoms with Crippen molar-refractivity contribution >= 4 is 11.7 Å². The molecule has 5 rings (SSSR count). The van der Waals surface area contributed by atoms with Crippen LogP contribution in [0, 0.1) is 23.7 Å². The zero-order valence-corrected chi connectivity index (χ0v) is 19.4. The zero-order chi connectivity index (χ0) is 24.5. The van der Waals surface area contributed by atoms with Gasteiger partial charge in [0, 0.05) is 23.4 Å². The van der Waals surface area contributed by atoms with Gasteiger partial charge in [-0.3, -0.25) is 9.69 Å². The maximum atomic E-state index is 12.9. The molecule has 3 heterocycles. The van der Waals surface area contributed by atoms with Gasteiger partial charge in [0.2, 0.25) is 5.91 Å². The standard InChI is InChI=1S/C28H22N6O/c1-4-21-14-23(15-29)34(32-21)22-11-9-19(10-12-22)17-33-26(35)13-20-16-30-27(31-28(20)33)25-8-6-5-7-24(25)18(2)3/h1,5-12,14,16,18H,13,17H2,2-3H3. The molecule has 0 bridgehead atoms. The van der Waals surface area contributed by atoms with Gasteiger partial charge in [0.1, 0.15) is 23.3 Å². The van der Waals surface area contributed by atoms with Gasteiger partial charge in [-0.15, -0.1) is 6.42 Å². The Balaban J connectivity index is 1.44. The lowest BCUT2D eigenvalue weighted by molar-refractivity contribution is -0.117. The average molecular weight is 459 g/mol. The summed E-state index contributed by atoms with van der Waals surface area (Å²) in [7, 11) is 0. The van der Waals surface area contributed by atoms with Gasteiger partial charge < -0.3 is 0 Å². The summed E-state index contributed by atoms with van der Waals surface area (Å²) in [6, 6.07) is 19.3. The quantitative estimate of drug-likeness (QED) is 0.414. The molecule has 0 N–H and O–H groups in total. The minimum atomic E-state index is -0.00910. The SMILES string of the molecule is C#Cc1cc(C#N)n(-c2ccc(CN3C(=O)Cc4cnc(-c5ccccc5C(C)C)nc43)cc2)n1. The average Bonchev–Trinajstić information content (AvgIpc) is 3.44. The summed E-state index contributed by atoms with van der Waals surface area (Å²) in [4.78, 5) is 24.0. The summed E-state index contributed by atoms with van der Waals surface area (Å²) >= 11 is 0. The predicted octanol–water partition coefficient (Wildman–Crippen LogP) is 4.39. The number of nitriles is 1. The number of amides is 1. The fourth-order valence-corrected chi connectivity index (χ4v) is 4.28. The van der Waals surface area contributed by atoms with Crippen LogP contribution in [0.3, 0.4) is 0 Å². The van der Waals surface area contributed by atoms with Crippen LogP contribution in [-0.2, 0) is 17.8 Å². The number of fused-ring (bicyclic) bond motifs is 1. The molecular formula is C28H22N6O. The van der Waals surface area contributed by atoms with Crippen molar-refractivity contribution in [3.8, 4) is 35.5 Å². The Labute approximate surface area is 203 Å². The summed E-state index contributed by atoms with van der Waals surface area (Å²) in [5.74, 6) is 4.04. The van der Waals surface area contributed by atoms with E-state index in [1.54, 1.807) is 17.2 Å². The fourth-order valence-electron chi connectivity index (χ4n) is 4.28. The molecule has 0 unspecified atom stereocenters. The normalized spacial score (nSPS) is 12.5. The molecule has 1 aliphatic rings. The lowest BCUT2D eigenvalue weighted by atomic mass is 9.97. The third-order valence-corrected chi connectivity index (χ3v) is 6.06. The van der Waals surface area contributed by atoms with Crippen molar-refractivity contribution < 1.29 is 4.79 Å². The molecule has 4 aromatic rings. The van der Waals surface area contributed by atoms with Crippen molar-refractivity contribution in [3.05, 3.63) is 88.9 Å². The number of hydrogen-bond acceptors (Lipinski definition) is 5. The van der Waals surface area contributed by atoms with Crippen LogP contribution >= 0.6 is 0 Å². The van der Waals surface area contributed by atoms with Gasteiger partial charge in [0.05, 0.1) is 18.7 Å². The Kier molecular flexibility index (Phi) is 5.60. The molecule has 170 valence electrons. The third-order valence-electron chi connectivity index (χ3n) is 6.06. The topological polar surface area (TPSA) is 87.7 Å². The lowest BCUT2D eigenvalue weighted by Crippen LogP contribution is -2.26. The number of aromatic nitrogens is 4. The van der Waals surface area contributed by atoms with E-state index < -0.39 is 0 Å². The molecule has 0 saturated carbocycles. The first-order valence-corrected chi connectivity index (χ1v) is 11.3. The monoisotopic (exact) mass is 458 g/mol. The molecule has 35 heavy (non-hydrogen) atoms. The maximum absolute atomic E-state index is 12.9. The molecule has 7 heteroatoms. The van der Waals surface area contributed by atoms with Crippen LogP contribution < -0.4 is 4.90 Å². The second kappa shape index (κ2) is 8.89. The van der Waals surface area contributed by atoms with Crippen molar-refractivity contribution in [2.45, 2.75) is 32.7 Å². The zero-order valence-electron chi connectivity index (χ0n) is 19.4. The van der Waals surface area contributed by atoms with Crippen LogP contribution in [0.15, 0.2) is 60.8 Å². The number of carbonyl (C=O) groups is 1. The molecule has 1 aliphatic heterocycles. The first kappa shape index (κ1) is 22.1. The highest BCUT2D eigenvalue weighted by Gasteiger charge is 2.30. The van der Waals surface area contributed by atoms with Crippen molar-refractivity contribution in [3.63, 3.8) is 0 Å². The molecular weight excluding hydrogens is 436 g/mol. The molecule has 7 nitrogen and oxygen atoms in total. The van der Waals surface area contributed by atoms with Gasteiger partial charge in [-0.1, -0.05) is 50.2 Å². The van der Waals surface area contributed by atoms with Crippen molar-refractivity contribution in [2.75, 3.05) is 4.90 Å². The summed E-state index contributed by atoms with van der Waals surface area (Å²) in [5, 5.41) is 13.7. The molecule has 0 fully saturated rings. The van der Waals surface area contributed by atoms with E-state index in [1.807, 2.05) is 42.5 Å². The van der Waals surface area contributed by atoms with Gasteiger partial charge in [-0.2, -0.15) is 10.4 Å². The lowest BCUT2D eigenvalue weighted by Gasteiger charge is -2.18. The Morgan fingerprint density at radius 2 is 1.91 bits per heavy atom. The highest BCUT2D eigenvalue weighted by Crippen LogP contribution is 2.32. The molecule has 2 aromatic heterocycles. The Morgan fingerprint density at radius 1 is 1.14 bits per heavy atom. The van der Waals surface area contributed by atoms with Crippen molar-refractivity contribution in [1.29, 1.82) is 5.26 Å². The summed E-state index contributed by atoms with van der Waals surface area (Å²) < 4.78 is 1.51. The van der Waals surface area contributed by atoms with Gasteiger partial charge in [0.25, 0.3) is 0 Å². The number of carbonyl (C=O) groups excluding carboxylic acids is 1. The van der Waals surface area contributed by atoms with E-state index in [2.05, 4.69) is 42.0 Å². The Morgan fingerprint density at radius 3 is 2.63 bits per heavy atom. The molecule has 0 radical (unpaired) electrons. The van der Waals surface area contributed by atoms with Gasteiger partial charge in [-0.25, -0.2) is 14.6 Å². The van der Waals surface area contributed by atoms with E-state index in [-0.39, 0.29) is 12.3 Å². The van der Waals surface area contributed by atoms with Gasteiger partial charge in [-0.05, 0) is 35.1 Å². The number of benzene rings is 2. The molecule has 0 aliphatic carbocycles. The second-order valence-electron chi connectivity index (χ2n) is 8.69. The number of anilines is 1.